The highest BCUT2D eigenvalue weighted by molar-refractivity contribution is 7.99. The first-order chi connectivity index (χ1) is 17.2. The van der Waals surface area contributed by atoms with Gasteiger partial charge in [0.1, 0.15) is 10.8 Å². The van der Waals surface area contributed by atoms with Crippen LogP contribution in [0.4, 0.5) is 5.00 Å². The highest BCUT2D eigenvalue weighted by Crippen LogP contribution is 2.34. The zero-order valence-electron chi connectivity index (χ0n) is 21.5. The SMILES string of the molecule is C=CCn1c(SCC(=O)Nc2sc(C)c(CC)c2C(=O)OC)nnc1C(C)Oc1ccc(C)c(C)c1. The summed E-state index contributed by atoms with van der Waals surface area (Å²) in [5, 5.41) is 12.6. The third kappa shape index (κ3) is 6.17. The van der Waals surface area contributed by atoms with E-state index in [9.17, 15) is 9.59 Å². The minimum absolute atomic E-state index is 0.0979. The first-order valence-electron chi connectivity index (χ1n) is 11.6. The number of carbonyl (C=O) groups is 2. The number of allylic oxidation sites excluding steroid dienone is 1. The number of thiophene rings is 1. The molecular formula is C26H32N4O4S2. The summed E-state index contributed by atoms with van der Waals surface area (Å²) in [7, 11) is 1.34. The van der Waals surface area contributed by atoms with Crippen molar-refractivity contribution in [3.8, 4) is 5.75 Å². The molecule has 36 heavy (non-hydrogen) atoms. The van der Waals surface area contributed by atoms with Gasteiger partial charge in [0.15, 0.2) is 17.1 Å². The van der Waals surface area contributed by atoms with E-state index in [-0.39, 0.29) is 17.8 Å². The van der Waals surface area contributed by atoms with Crippen LogP contribution in [0.1, 0.15) is 57.7 Å². The molecule has 0 aliphatic carbocycles. The topological polar surface area (TPSA) is 95.3 Å². The molecule has 2 aromatic heterocycles. The zero-order chi connectivity index (χ0) is 26.4. The molecule has 0 fully saturated rings. The summed E-state index contributed by atoms with van der Waals surface area (Å²) >= 11 is 2.64. The maximum absolute atomic E-state index is 12.8. The molecule has 0 aliphatic rings. The predicted molar refractivity (Wildman–Crippen MR) is 144 cm³/mol. The van der Waals surface area contributed by atoms with Crippen LogP contribution in [0.5, 0.6) is 5.75 Å². The highest BCUT2D eigenvalue weighted by atomic mass is 32.2. The molecular weight excluding hydrogens is 496 g/mol. The third-order valence-electron chi connectivity index (χ3n) is 5.75. The lowest BCUT2D eigenvalue weighted by Crippen LogP contribution is -2.17. The van der Waals surface area contributed by atoms with Crippen LogP contribution in [-0.4, -0.2) is 39.5 Å². The lowest BCUT2D eigenvalue weighted by molar-refractivity contribution is -0.113. The fourth-order valence-corrected chi connectivity index (χ4v) is 5.66. The maximum atomic E-state index is 12.8. The second-order valence-electron chi connectivity index (χ2n) is 8.27. The molecule has 1 N–H and O–H groups in total. The van der Waals surface area contributed by atoms with Gasteiger partial charge in [0, 0.05) is 11.4 Å². The number of esters is 1. The Balaban J connectivity index is 1.72. The van der Waals surface area contributed by atoms with E-state index in [1.807, 2.05) is 50.5 Å². The molecule has 8 nitrogen and oxygen atoms in total. The Labute approximate surface area is 220 Å². The number of ether oxygens (including phenoxy) is 2. The van der Waals surface area contributed by atoms with Crippen molar-refractivity contribution in [2.75, 3.05) is 18.2 Å². The minimum Gasteiger partial charge on any atom is -0.483 e. The Kier molecular flexibility index (Phi) is 9.33. The van der Waals surface area contributed by atoms with Crippen LogP contribution in [-0.2, 0) is 22.5 Å². The predicted octanol–water partition coefficient (Wildman–Crippen LogP) is 5.67. The molecule has 1 aromatic carbocycles. The summed E-state index contributed by atoms with van der Waals surface area (Å²) < 4.78 is 12.9. The number of aryl methyl sites for hydroxylation is 3. The Morgan fingerprint density at radius 1 is 1.25 bits per heavy atom. The number of thioether (sulfide) groups is 1. The van der Waals surface area contributed by atoms with Gasteiger partial charge >= 0.3 is 5.97 Å². The number of amides is 1. The molecule has 0 aliphatic heterocycles. The molecule has 1 unspecified atom stereocenters. The molecule has 3 rings (SSSR count). The van der Waals surface area contributed by atoms with Crippen molar-refractivity contribution in [2.45, 2.75) is 58.8 Å². The molecule has 0 saturated heterocycles. The van der Waals surface area contributed by atoms with Crippen LogP contribution in [0.2, 0.25) is 0 Å². The van der Waals surface area contributed by atoms with Crippen LogP contribution in [0, 0.1) is 20.8 Å². The van der Waals surface area contributed by atoms with Gasteiger partial charge in [-0.05, 0) is 62.9 Å². The number of carbonyl (C=O) groups excluding carboxylic acids is 2. The number of anilines is 1. The molecule has 0 bridgehead atoms. The van der Waals surface area contributed by atoms with E-state index in [0.717, 1.165) is 21.8 Å². The Morgan fingerprint density at radius 2 is 2.00 bits per heavy atom. The van der Waals surface area contributed by atoms with E-state index in [1.165, 1.54) is 35.8 Å². The van der Waals surface area contributed by atoms with E-state index in [2.05, 4.69) is 29.0 Å². The summed E-state index contributed by atoms with van der Waals surface area (Å²) in [5.41, 5.74) is 3.67. The summed E-state index contributed by atoms with van der Waals surface area (Å²) in [6.45, 7) is 14.2. The Bertz CT molecular complexity index is 1270. The summed E-state index contributed by atoms with van der Waals surface area (Å²) in [4.78, 5) is 26.1. The van der Waals surface area contributed by atoms with Gasteiger partial charge in [0.2, 0.25) is 5.91 Å². The van der Waals surface area contributed by atoms with Crippen molar-refractivity contribution >= 4 is 40.0 Å². The average Bonchev–Trinajstić information content (AvgIpc) is 3.39. The van der Waals surface area contributed by atoms with Crippen LogP contribution in [0.25, 0.3) is 0 Å². The first kappa shape index (κ1) is 27.5. The number of aromatic nitrogens is 3. The lowest BCUT2D eigenvalue weighted by atomic mass is 10.1. The molecule has 2 heterocycles. The van der Waals surface area contributed by atoms with Gasteiger partial charge in [-0.3, -0.25) is 9.36 Å². The molecule has 3 aromatic rings. The number of benzene rings is 1. The normalized spacial score (nSPS) is 11.7. The fourth-order valence-electron chi connectivity index (χ4n) is 3.76. The average molecular weight is 529 g/mol. The van der Waals surface area contributed by atoms with Gasteiger partial charge in [0.25, 0.3) is 0 Å². The van der Waals surface area contributed by atoms with E-state index >= 15 is 0 Å². The standard InChI is InChI=1S/C26H32N4O4S2/c1-8-12-30-23(17(5)34-19-11-10-15(3)16(4)13-19)28-29-26(30)35-14-21(31)27-24-22(25(32)33-7)20(9-2)18(6)36-24/h8,10-11,13,17H,1,9,12,14H2,2-7H3,(H,27,31). The number of nitrogens with one attached hydrogen (secondary N) is 1. The summed E-state index contributed by atoms with van der Waals surface area (Å²) in [6.07, 6.45) is 2.07. The van der Waals surface area contributed by atoms with Crippen molar-refractivity contribution < 1.29 is 19.1 Å². The highest BCUT2D eigenvalue weighted by Gasteiger charge is 2.24. The van der Waals surface area contributed by atoms with Gasteiger partial charge in [-0.2, -0.15) is 0 Å². The van der Waals surface area contributed by atoms with Crippen LogP contribution >= 0.6 is 23.1 Å². The number of nitrogens with zero attached hydrogens (tertiary/aromatic N) is 3. The van der Waals surface area contributed by atoms with Crippen LogP contribution < -0.4 is 10.1 Å². The van der Waals surface area contributed by atoms with Crippen molar-refractivity contribution in [1.82, 2.24) is 14.8 Å². The Morgan fingerprint density at radius 3 is 2.64 bits per heavy atom. The van der Waals surface area contributed by atoms with Crippen molar-refractivity contribution in [3.63, 3.8) is 0 Å². The van der Waals surface area contributed by atoms with Gasteiger partial charge in [-0.1, -0.05) is 30.8 Å². The van der Waals surface area contributed by atoms with E-state index in [4.69, 9.17) is 9.47 Å². The first-order valence-corrected chi connectivity index (χ1v) is 13.4. The van der Waals surface area contributed by atoms with Crippen molar-refractivity contribution in [2.24, 2.45) is 0 Å². The zero-order valence-corrected chi connectivity index (χ0v) is 23.1. The smallest absolute Gasteiger partial charge is 0.341 e. The largest absolute Gasteiger partial charge is 0.483 e. The Hall–Kier alpha value is -3.11. The molecule has 1 amide bonds. The van der Waals surface area contributed by atoms with Crippen LogP contribution in [0.3, 0.4) is 0 Å². The fraction of sp³-hybridized carbons (Fsp3) is 0.385. The molecule has 1 atom stereocenters. The quantitative estimate of drug-likeness (QED) is 0.195. The summed E-state index contributed by atoms with van der Waals surface area (Å²) in [5.74, 6) is 0.799. The van der Waals surface area contributed by atoms with Crippen molar-refractivity contribution in [1.29, 1.82) is 0 Å². The lowest BCUT2D eigenvalue weighted by Gasteiger charge is -2.16. The van der Waals surface area contributed by atoms with Gasteiger partial charge in [-0.25, -0.2) is 4.79 Å². The van der Waals surface area contributed by atoms with E-state index in [0.29, 0.717) is 34.5 Å². The molecule has 192 valence electrons. The second kappa shape index (κ2) is 12.2. The second-order valence-corrected chi connectivity index (χ2v) is 10.4. The van der Waals surface area contributed by atoms with E-state index < -0.39 is 5.97 Å². The number of hydrogen-bond donors (Lipinski definition) is 1. The molecule has 0 saturated carbocycles. The van der Waals surface area contributed by atoms with E-state index in [1.54, 1.807) is 6.08 Å². The van der Waals surface area contributed by atoms with Gasteiger partial charge in [-0.15, -0.1) is 28.1 Å². The van der Waals surface area contributed by atoms with Crippen molar-refractivity contribution in [3.05, 3.63) is 63.8 Å². The summed E-state index contributed by atoms with van der Waals surface area (Å²) in [6, 6.07) is 5.96. The number of hydrogen-bond acceptors (Lipinski definition) is 8. The maximum Gasteiger partial charge on any atom is 0.341 e. The number of rotatable bonds is 11. The van der Waals surface area contributed by atoms with Gasteiger partial charge in [0.05, 0.1) is 18.4 Å². The monoisotopic (exact) mass is 528 g/mol. The minimum atomic E-state index is -0.452. The molecule has 0 spiro atoms. The number of methoxy groups -OCH3 is 1. The van der Waals surface area contributed by atoms with Crippen LogP contribution in [0.15, 0.2) is 36.0 Å². The molecule has 10 heteroatoms. The van der Waals surface area contributed by atoms with Gasteiger partial charge < -0.3 is 14.8 Å². The molecule has 0 radical (unpaired) electrons. The third-order valence-corrected chi connectivity index (χ3v) is 7.78.